The highest BCUT2D eigenvalue weighted by Gasteiger charge is 2.23. The quantitative estimate of drug-likeness (QED) is 0.356. The van der Waals surface area contributed by atoms with Crippen LogP contribution in [0.2, 0.25) is 25.7 Å². The number of hydrogen-bond donors (Lipinski definition) is 0. The third-order valence-electron chi connectivity index (χ3n) is 6.23. The lowest BCUT2D eigenvalue weighted by Crippen LogP contribution is -2.22. The first-order valence-corrected chi connectivity index (χ1v) is 14.9. The zero-order valence-electron chi connectivity index (χ0n) is 18.8. The molecule has 3 aromatic rings. The Morgan fingerprint density at radius 2 is 2.00 bits per heavy atom. The second-order valence-corrected chi connectivity index (χ2v) is 15.5. The molecule has 0 radical (unpaired) electrons. The van der Waals surface area contributed by atoms with Crippen LogP contribution < -0.4 is 0 Å². The molecule has 0 N–H and O–H groups in total. The minimum absolute atomic E-state index is 0.408. The smallest absolute Gasteiger partial charge is 0.145 e. The molecule has 1 saturated carbocycles. The summed E-state index contributed by atoms with van der Waals surface area (Å²) < 4.78 is 10.1. The van der Waals surface area contributed by atoms with Gasteiger partial charge in [0.25, 0.3) is 0 Å². The van der Waals surface area contributed by atoms with Gasteiger partial charge in [-0.05, 0) is 43.7 Å². The maximum absolute atomic E-state index is 8.92. The molecule has 7 nitrogen and oxygen atoms in total. The van der Waals surface area contributed by atoms with Crippen LogP contribution in [0.25, 0.3) is 22.3 Å². The van der Waals surface area contributed by atoms with E-state index >= 15 is 0 Å². The Bertz CT molecular complexity index is 1050. The molecule has 3 aromatic heterocycles. The van der Waals surface area contributed by atoms with Gasteiger partial charge >= 0.3 is 0 Å². The van der Waals surface area contributed by atoms with Crippen LogP contribution >= 0.6 is 0 Å². The van der Waals surface area contributed by atoms with Crippen LogP contribution in [0.5, 0.6) is 0 Å². The van der Waals surface area contributed by atoms with E-state index in [-0.39, 0.29) is 0 Å². The monoisotopic (exact) mass is 436 g/mol. The minimum Gasteiger partial charge on any atom is -0.361 e. The van der Waals surface area contributed by atoms with Gasteiger partial charge in [-0.3, -0.25) is 4.68 Å². The first-order chi connectivity index (χ1) is 14.9. The van der Waals surface area contributed by atoms with Crippen LogP contribution in [0.4, 0.5) is 0 Å². The Morgan fingerprint density at radius 3 is 2.74 bits per heavy atom. The molecular formula is C23H32N6OSi. The normalized spacial score (nSPS) is 19.5. The van der Waals surface area contributed by atoms with Crippen molar-refractivity contribution in [1.29, 1.82) is 5.26 Å². The second kappa shape index (κ2) is 9.33. The standard InChI is InChI=1S/C23H32N6OSi/c1-31(2,3)13-12-30-17-28-11-9-21-22(25-16-26-23(21)28)19-14-27-29(15-19)20-6-4-18(5-7-20)8-10-24/h9,11,14-16,18,20H,4-8,12-13,17H2,1-3H3/t18-,20+. The lowest BCUT2D eigenvalue weighted by Gasteiger charge is -2.27. The van der Waals surface area contributed by atoms with Crippen molar-refractivity contribution in [2.75, 3.05) is 6.61 Å². The Hall–Kier alpha value is -2.50. The molecule has 3 heterocycles. The van der Waals surface area contributed by atoms with E-state index in [1.807, 2.05) is 17.0 Å². The predicted molar refractivity (Wildman–Crippen MR) is 124 cm³/mol. The highest BCUT2D eigenvalue weighted by molar-refractivity contribution is 6.76. The topological polar surface area (TPSA) is 81.5 Å². The van der Waals surface area contributed by atoms with Gasteiger partial charge < -0.3 is 9.30 Å². The summed E-state index contributed by atoms with van der Waals surface area (Å²) in [6.45, 7) is 8.38. The molecule has 0 bridgehead atoms. The van der Waals surface area contributed by atoms with Gasteiger partial charge in [-0.2, -0.15) is 10.4 Å². The Balaban J connectivity index is 1.46. The number of nitriles is 1. The van der Waals surface area contributed by atoms with Gasteiger partial charge in [0, 0.05) is 44.4 Å². The maximum atomic E-state index is 8.92. The van der Waals surface area contributed by atoms with Crippen LogP contribution in [0.15, 0.2) is 31.0 Å². The summed E-state index contributed by atoms with van der Waals surface area (Å²) in [4.78, 5) is 9.07. The Labute approximate surface area is 185 Å². The zero-order chi connectivity index (χ0) is 21.8. The van der Waals surface area contributed by atoms with Gasteiger partial charge in [0.1, 0.15) is 18.7 Å². The highest BCUT2D eigenvalue weighted by Crippen LogP contribution is 2.34. The number of hydrogen-bond acceptors (Lipinski definition) is 5. The van der Waals surface area contributed by atoms with Crippen LogP contribution in [-0.2, 0) is 11.5 Å². The summed E-state index contributed by atoms with van der Waals surface area (Å²) in [6.07, 6.45) is 12.7. The summed E-state index contributed by atoms with van der Waals surface area (Å²) in [5, 5.41) is 14.6. The number of fused-ring (bicyclic) bond motifs is 1. The second-order valence-electron chi connectivity index (χ2n) is 9.84. The third kappa shape index (κ3) is 5.22. The molecule has 4 rings (SSSR count). The Morgan fingerprint density at radius 1 is 1.19 bits per heavy atom. The van der Waals surface area contributed by atoms with Crippen LogP contribution in [0.1, 0.15) is 38.1 Å². The first-order valence-electron chi connectivity index (χ1n) is 11.2. The van der Waals surface area contributed by atoms with Crippen molar-refractivity contribution in [3.8, 4) is 17.3 Å². The summed E-state index contributed by atoms with van der Waals surface area (Å²) in [5.41, 5.74) is 2.82. The molecule has 0 spiro atoms. The first kappa shape index (κ1) is 21.7. The molecule has 0 atom stereocenters. The van der Waals surface area contributed by atoms with Gasteiger partial charge in [0.2, 0.25) is 0 Å². The molecule has 1 fully saturated rings. The largest absolute Gasteiger partial charge is 0.361 e. The van der Waals surface area contributed by atoms with Gasteiger partial charge in [-0.25, -0.2) is 9.97 Å². The number of rotatable bonds is 8. The molecule has 8 heteroatoms. The molecule has 0 unspecified atom stereocenters. The van der Waals surface area contributed by atoms with Crippen molar-refractivity contribution in [3.05, 3.63) is 31.0 Å². The lowest BCUT2D eigenvalue weighted by molar-refractivity contribution is 0.0899. The predicted octanol–water partition coefficient (Wildman–Crippen LogP) is 5.25. The molecular weight excluding hydrogens is 404 g/mol. The summed E-state index contributed by atoms with van der Waals surface area (Å²) >= 11 is 0. The molecule has 0 amide bonds. The third-order valence-corrected chi connectivity index (χ3v) is 7.93. The summed E-state index contributed by atoms with van der Waals surface area (Å²) in [5.74, 6) is 0.547. The fourth-order valence-electron chi connectivity index (χ4n) is 4.28. The molecule has 1 aliphatic rings. The lowest BCUT2D eigenvalue weighted by atomic mass is 9.84. The van der Waals surface area contributed by atoms with E-state index in [0.717, 1.165) is 60.6 Å². The van der Waals surface area contributed by atoms with Crippen LogP contribution in [0.3, 0.4) is 0 Å². The molecule has 31 heavy (non-hydrogen) atoms. The zero-order valence-corrected chi connectivity index (χ0v) is 19.8. The average Bonchev–Trinajstić information content (AvgIpc) is 3.39. The molecule has 0 aliphatic heterocycles. The van der Waals surface area contributed by atoms with Gasteiger partial charge in [-0.1, -0.05) is 19.6 Å². The van der Waals surface area contributed by atoms with E-state index in [9.17, 15) is 0 Å². The van der Waals surface area contributed by atoms with E-state index in [0.29, 0.717) is 25.1 Å². The van der Waals surface area contributed by atoms with E-state index in [4.69, 9.17) is 10.00 Å². The minimum atomic E-state index is -1.09. The average molecular weight is 437 g/mol. The molecule has 164 valence electrons. The van der Waals surface area contributed by atoms with Crippen molar-refractivity contribution in [2.45, 2.75) is 70.6 Å². The van der Waals surface area contributed by atoms with Gasteiger partial charge in [0.15, 0.2) is 0 Å². The summed E-state index contributed by atoms with van der Waals surface area (Å²) in [6, 6.07) is 5.94. The fourth-order valence-corrected chi connectivity index (χ4v) is 5.04. The van der Waals surface area contributed by atoms with Crippen molar-refractivity contribution >= 4 is 19.1 Å². The highest BCUT2D eigenvalue weighted by atomic mass is 28.3. The maximum Gasteiger partial charge on any atom is 0.145 e. The number of nitrogens with zero attached hydrogens (tertiary/aromatic N) is 6. The fraction of sp³-hybridized carbons (Fsp3) is 0.565. The van der Waals surface area contributed by atoms with Gasteiger partial charge in [-0.15, -0.1) is 0 Å². The van der Waals surface area contributed by atoms with E-state index in [2.05, 4.69) is 57.7 Å². The van der Waals surface area contributed by atoms with Crippen molar-refractivity contribution in [2.24, 2.45) is 5.92 Å². The van der Waals surface area contributed by atoms with Crippen molar-refractivity contribution in [3.63, 3.8) is 0 Å². The van der Waals surface area contributed by atoms with Gasteiger partial charge in [0.05, 0.1) is 24.0 Å². The summed E-state index contributed by atoms with van der Waals surface area (Å²) in [7, 11) is -1.09. The van der Waals surface area contributed by atoms with E-state index < -0.39 is 8.07 Å². The SMILES string of the molecule is C[Si](C)(C)CCOCn1ccc2c(-c3cnn([C@H]4CC[C@@H](CC#N)CC4)c3)ncnc21. The van der Waals surface area contributed by atoms with Crippen molar-refractivity contribution in [1.82, 2.24) is 24.3 Å². The number of aromatic nitrogens is 5. The molecule has 0 aromatic carbocycles. The van der Waals surface area contributed by atoms with Crippen LogP contribution in [0, 0.1) is 17.2 Å². The number of ether oxygens (including phenoxy) is 1. The molecule has 1 aliphatic carbocycles. The molecule has 0 saturated heterocycles. The van der Waals surface area contributed by atoms with Crippen LogP contribution in [-0.4, -0.2) is 39.0 Å². The Kier molecular flexibility index (Phi) is 6.53. The van der Waals surface area contributed by atoms with E-state index in [1.165, 1.54) is 0 Å². The van der Waals surface area contributed by atoms with E-state index in [1.54, 1.807) is 6.33 Å². The van der Waals surface area contributed by atoms with Crippen molar-refractivity contribution < 1.29 is 4.74 Å².